The molecule has 1 rings (SSSR count). The molecule has 0 aliphatic rings. The first-order valence-corrected chi connectivity index (χ1v) is 8.12. The maximum Gasteiger partial charge on any atom is 0.232 e. The number of nitrogens with one attached hydrogen (secondary N) is 2. The van der Waals surface area contributed by atoms with E-state index in [9.17, 15) is 13.2 Å². The third kappa shape index (κ3) is 5.94. The van der Waals surface area contributed by atoms with Crippen LogP contribution in [0.4, 0.5) is 11.4 Å². The average molecular weight is 305 g/mol. The van der Waals surface area contributed by atoms with Gasteiger partial charge in [-0.25, -0.2) is 8.42 Å². The molecule has 0 saturated heterocycles. The van der Waals surface area contributed by atoms with Gasteiger partial charge >= 0.3 is 0 Å². The van der Waals surface area contributed by atoms with Gasteiger partial charge in [0.25, 0.3) is 0 Å². The second-order valence-electron chi connectivity index (χ2n) is 3.94. The molecule has 0 aliphatic heterocycles. The number of benzene rings is 1. The Morgan fingerprint density at radius 3 is 2.32 bits per heavy atom. The van der Waals surface area contributed by atoms with E-state index in [1.807, 2.05) is 0 Å². The smallest absolute Gasteiger partial charge is 0.232 e. The molecule has 7 heteroatoms. The summed E-state index contributed by atoms with van der Waals surface area (Å²) in [5.41, 5.74) is 1.10. The summed E-state index contributed by atoms with van der Waals surface area (Å²) in [6.45, 7) is 1.76. The highest BCUT2D eigenvalue weighted by Gasteiger charge is 2.09. The zero-order chi connectivity index (χ0) is 14.3. The number of halogens is 1. The van der Waals surface area contributed by atoms with E-state index in [0.29, 0.717) is 30.1 Å². The summed E-state index contributed by atoms with van der Waals surface area (Å²) in [4.78, 5) is 11.2. The zero-order valence-electron chi connectivity index (χ0n) is 10.6. The van der Waals surface area contributed by atoms with E-state index in [-0.39, 0.29) is 11.7 Å². The van der Waals surface area contributed by atoms with Crippen LogP contribution in [0.25, 0.3) is 0 Å². The first-order valence-electron chi connectivity index (χ1n) is 5.93. The molecule has 0 atom stereocenters. The quantitative estimate of drug-likeness (QED) is 0.760. The molecule has 0 unspecified atom stereocenters. The van der Waals surface area contributed by atoms with Gasteiger partial charge in [0, 0.05) is 23.7 Å². The number of carbonyl (C=O) groups excluding carboxylic acids is 1. The summed E-state index contributed by atoms with van der Waals surface area (Å²) in [6, 6.07) is 6.49. The Bertz CT molecular complexity index is 514. The van der Waals surface area contributed by atoms with E-state index in [4.69, 9.17) is 11.6 Å². The van der Waals surface area contributed by atoms with Gasteiger partial charge in [-0.05, 0) is 30.7 Å². The fourth-order valence-electron chi connectivity index (χ4n) is 1.35. The molecule has 0 spiro atoms. The summed E-state index contributed by atoms with van der Waals surface area (Å²) in [5, 5.41) is 2.68. The predicted octanol–water partition coefficient (Wildman–Crippen LogP) is 2.41. The maximum atomic E-state index is 11.6. The summed E-state index contributed by atoms with van der Waals surface area (Å²) in [6.07, 6.45) is 0.800. The lowest BCUT2D eigenvalue weighted by atomic mass is 10.3. The minimum atomic E-state index is -3.36. The standard InChI is InChI=1S/C12H17ClN2O3S/c1-2-12(16)14-10-4-6-11(7-5-10)15-19(17,18)9-3-8-13/h4-7,15H,2-3,8-9H2,1H3,(H,14,16). The number of anilines is 2. The van der Waals surface area contributed by atoms with Gasteiger partial charge in [-0.2, -0.15) is 0 Å². The molecule has 0 saturated carbocycles. The third-order valence-corrected chi connectivity index (χ3v) is 3.95. The van der Waals surface area contributed by atoms with Crippen molar-refractivity contribution in [1.82, 2.24) is 0 Å². The Hall–Kier alpha value is -1.27. The van der Waals surface area contributed by atoms with Crippen LogP contribution in [0.1, 0.15) is 19.8 Å². The SMILES string of the molecule is CCC(=O)Nc1ccc(NS(=O)(=O)CCCCl)cc1. The molecule has 1 aromatic rings. The van der Waals surface area contributed by atoms with Crippen molar-refractivity contribution in [3.63, 3.8) is 0 Å². The molecule has 0 fully saturated rings. The van der Waals surface area contributed by atoms with Crippen LogP contribution in [0.2, 0.25) is 0 Å². The number of hydrogen-bond acceptors (Lipinski definition) is 3. The van der Waals surface area contributed by atoms with Gasteiger partial charge in [-0.3, -0.25) is 9.52 Å². The number of rotatable bonds is 7. The van der Waals surface area contributed by atoms with Crippen LogP contribution >= 0.6 is 11.6 Å². The molecule has 1 aromatic carbocycles. The molecule has 19 heavy (non-hydrogen) atoms. The van der Waals surface area contributed by atoms with Gasteiger partial charge in [-0.1, -0.05) is 6.92 Å². The Balaban J connectivity index is 2.64. The second kappa shape index (κ2) is 7.35. The van der Waals surface area contributed by atoms with Crippen LogP contribution in [0, 0.1) is 0 Å². The van der Waals surface area contributed by atoms with Crippen molar-refractivity contribution in [1.29, 1.82) is 0 Å². The first kappa shape index (κ1) is 15.8. The molecule has 5 nitrogen and oxygen atoms in total. The maximum absolute atomic E-state index is 11.6. The fourth-order valence-corrected chi connectivity index (χ4v) is 2.76. The van der Waals surface area contributed by atoms with Crippen LogP contribution in [-0.4, -0.2) is 26.0 Å². The fraction of sp³-hybridized carbons (Fsp3) is 0.417. The molecule has 0 aromatic heterocycles. The Kier molecular flexibility index (Phi) is 6.11. The first-order chi connectivity index (χ1) is 8.96. The third-order valence-electron chi connectivity index (χ3n) is 2.31. The summed E-state index contributed by atoms with van der Waals surface area (Å²) < 4.78 is 25.7. The monoisotopic (exact) mass is 304 g/mol. The van der Waals surface area contributed by atoms with Gasteiger partial charge < -0.3 is 5.32 Å². The van der Waals surface area contributed by atoms with E-state index < -0.39 is 10.0 Å². The van der Waals surface area contributed by atoms with Crippen molar-refractivity contribution in [2.75, 3.05) is 21.7 Å². The van der Waals surface area contributed by atoms with Crippen molar-refractivity contribution < 1.29 is 13.2 Å². The lowest BCUT2D eigenvalue weighted by molar-refractivity contribution is -0.115. The number of alkyl halides is 1. The van der Waals surface area contributed by atoms with Crippen molar-refractivity contribution in [2.24, 2.45) is 0 Å². The summed E-state index contributed by atoms with van der Waals surface area (Å²) >= 11 is 5.46. The number of sulfonamides is 1. The lowest BCUT2D eigenvalue weighted by Gasteiger charge is -2.08. The van der Waals surface area contributed by atoms with Crippen LogP contribution in [-0.2, 0) is 14.8 Å². The summed E-state index contributed by atoms with van der Waals surface area (Å²) in [7, 11) is -3.36. The van der Waals surface area contributed by atoms with E-state index in [2.05, 4.69) is 10.0 Å². The highest BCUT2D eigenvalue weighted by atomic mass is 35.5. The van der Waals surface area contributed by atoms with E-state index in [0.717, 1.165) is 0 Å². The molecule has 0 aliphatic carbocycles. The lowest BCUT2D eigenvalue weighted by Crippen LogP contribution is -2.17. The molecule has 2 N–H and O–H groups in total. The van der Waals surface area contributed by atoms with E-state index >= 15 is 0 Å². The highest BCUT2D eigenvalue weighted by molar-refractivity contribution is 7.92. The van der Waals surface area contributed by atoms with E-state index in [1.54, 1.807) is 31.2 Å². The topological polar surface area (TPSA) is 75.3 Å². The minimum absolute atomic E-state index is 0.00911. The predicted molar refractivity (Wildman–Crippen MR) is 78.1 cm³/mol. The minimum Gasteiger partial charge on any atom is -0.326 e. The van der Waals surface area contributed by atoms with Crippen LogP contribution in [0.3, 0.4) is 0 Å². The van der Waals surface area contributed by atoms with E-state index in [1.165, 1.54) is 0 Å². The molecule has 106 valence electrons. The highest BCUT2D eigenvalue weighted by Crippen LogP contribution is 2.15. The second-order valence-corrected chi connectivity index (χ2v) is 6.16. The van der Waals surface area contributed by atoms with Crippen LogP contribution < -0.4 is 10.0 Å². The molecule has 0 radical (unpaired) electrons. The Labute approximate surface area is 118 Å². The van der Waals surface area contributed by atoms with Crippen molar-refractivity contribution in [2.45, 2.75) is 19.8 Å². The van der Waals surface area contributed by atoms with Gasteiger partial charge in [-0.15, -0.1) is 11.6 Å². The Morgan fingerprint density at radius 1 is 1.21 bits per heavy atom. The van der Waals surface area contributed by atoms with Gasteiger partial charge in [0.05, 0.1) is 5.75 Å². The molecular formula is C12H17ClN2O3S. The van der Waals surface area contributed by atoms with Gasteiger partial charge in [0.15, 0.2) is 0 Å². The van der Waals surface area contributed by atoms with Crippen LogP contribution in [0.15, 0.2) is 24.3 Å². The summed E-state index contributed by atoms with van der Waals surface area (Å²) in [5.74, 6) is 0.212. The molecular weight excluding hydrogens is 288 g/mol. The Morgan fingerprint density at radius 2 is 1.79 bits per heavy atom. The van der Waals surface area contributed by atoms with Crippen molar-refractivity contribution in [3.8, 4) is 0 Å². The molecule has 0 heterocycles. The number of carbonyl (C=O) groups is 1. The number of amides is 1. The normalized spacial score (nSPS) is 11.1. The van der Waals surface area contributed by atoms with Crippen molar-refractivity contribution in [3.05, 3.63) is 24.3 Å². The molecule has 1 amide bonds. The van der Waals surface area contributed by atoms with Gasteiger partial charge in [0.2, 0.25) is 15.9 Å². The molecule has 0 bridgehead atoms. The van der Waals surface area contributed by atoms with Gasteiger partial charge in [0.1, 0.15) is 0 Å². The van der Waals surface area contributed by atoms with Crippen molar-refractivity contribution >= 4 is 38.9 Å². The number of hydrogen-bond donors (Lipinski definition) is 2. The average Bonchev–Trinajstić information content (AvgIpc) is 2.38. The zero-order valence-corrected chi connectivity index (χ0v) is 12.2. The largest absolute Gasteiger partial charge is 0.326 e. The van der Waals surface area contributed by atoms with Crippen LogP contribution in [0.5, 0.6) is 0 Å².